The molecule has 1 fully saturated rings. The molecule has 1 aliphatic heterocycles. The van der Waals surface area contributed by atoms with E-state index in [0.717, 1.165) is 5.56 Å². The van der Waals surface area contributed by atoms with Gasteiger partial charge >= 0.3 is 5.97 Å². The number of carbonyl (C=O) groups excluding carboxylic acids is 1. The molecule has 1 amide bonds. The van der Waals surface area contributed by atoms with Gasteiger partial charge in [-0.3, -0.25) is 19.8 Å². The van der Waals surface area contributed by atoms with Crippen molar-refractivity contribution >= 4 is 46.3 Å². The topological polar surface area (TPSA) is 122 Å². The van der Waals surface area contributed by atoms with Crippen LogP contribution in [-0.4, -0.2) is 39.0 Å². The Bertz CT molecular complexity index is 1370. The zero-order valence-corrected chi connectivity index (χ0v) is 19.3. The van der Waals surface area contributed by atoms with Crippen molar-refractivity contribution in [1.29, 1.82) is 0 Å². The van der Waals surface area contributed by atoms with Crippen LogP contribution in [0.3, 0.4) is 0 Å². The Morgan fingerprint density at radius 2 is 1.89 bits per heavy atom. The van der Waals surface area contributed by atoms with Crippen molar-refractivity contribution in [3.05, 3.63) is 105 Å². The number of amidine groups is 1. The SMILES string of the molecule is CN1C(=O)C(=Cc2ccc(OCc3cccc([N+](=O)[O-])c3)cc2)SC1=Nc1cccc(C(=O)O)c1. The van der Waals surface area contributed by atoms with Crippen LogP contribution in [-0.2, 0) is 11.4 Å². The number of hydrogen-bond acceptors (Lipinski definition) is 7. The number of thioether (sulfide) groups is 1. The van der Waals surface area contributed by atoms with E-state index < -0.39 is 10.9 Å². The number of aromatic carboxylic acids is 1. The maximum atomic E-state index is 12.7. The standard InChI is InChI=1S/C25H19N3O6S/c1-27-23(29)22(35-25(27)26-19-6-3-5-18(14-19)24(30)31)13-16-8-10-21(11-9-16)34-15-17-4-2-7-20(12-17)28(32)33/h2-14H,15H2,1H3,(H,30,31). The summed E-state index contributed by atoms with van der Waals surface area (Å²) in [4.78, 5) is 40.6. The highest BCUT2D eigenvalue weighted by Crippen LogP contribution is 2.33. The van der Waals surface area contributed by atoms with E-state index in [2.05, 4.69) is 4.99 Å². The number of nitro benzene ring substituents is 1. The normalized spacial score (nSPS) is 15.6. The average molecular weight is 490 g/mol. The fourth-order valence-corrected chi connectivity index (χ4v) is 4.20. The van der Waals surface area contributed by atoms with Gasteiger partial charge in [0.2, 0.25) is 0 Å². The number of carboxylic acid groups (broad SMARTS) is 1. The number of nitrogens with zero attached hydrogens (tertiary/aromatic N) is 3. The Hall–Kier alpha value is -4.44. The quantitative estimate of drug-likeness (QED) is 0.278. The van der Waals surface area contributed by atoms with Crippen LogP contribution in [0.2, 0.25) is 0 Å². The second kappa shape index (κ2) is 10.2. The monoisotopic (exact) mass is 489 g/mol. The van der Waals surface area contributed by atoms with Gasteiger partial charge in [0.05, 0.1) is 21.1 Å². The summed E-state index contributed by atoms with van der Waals surface area (Å²) in [6.07, 6.45) is 1.74. The molecule has 3 aromatic carbocycles. The molecule has 0 unspecified atom stereocenters. The van der Waals surface area contributed by atoms with Crippen molar-refractivity contribution in [1.82, 2.24) is 4.90 Å². The molecule has 0 aliphatic carbocycles. The summed E-state index contributed by atoms with van der Waals surface area (Å²) >= 11 is 1.20. The summed E-state index contributed by atoms with van der Waals surface area (Å²) in [5.41, 5.74) is 2.04. The molecule has 0 atom stereocenters. The first kappa shape index (κ1) is 23.7. The van der Waals surface area contributed by atoms with Crippen molar-refractivity contribution in [3.63, 3.8) is 0 Å². The van der Waals surface area contributed by atoms with E-state index in [1.54, 1.807) is 61.7 Å². The van der Waals surface area contributed by atoms with Gasteiger partial charge in [-0.05, 0) is 59.3 Å². The Labute approximate surface area is 204 Å². The Balaban J connectivity index is 1.44. The molecule has 1 saturated heterocycles. The fourth-order valence-electron chi connectivity index (χ4n) is 3.21. The number of non-ortho nitro benzene ring substituents is 1. The minimum atomic E-state index is -1.05. The van der Waals surface area contributed by atoms with Gasteiger partial charge in [0.1, 0.15) is 12.4 Å². The van der Waals surface area contributed by atoms with E-state index in [-0.39, 0.29) is 23.8 Å². The summed E-state index contributed by atoms with van der Waals surface area (Å²) in [6, 6.07) is 19.6. The van der Waals surface area contributed by atoms with E-state index >= 15 is 0 Å². The Morgan fingerprint density at radius 3 is 2.60 bits per heavy atom. The number of amides is 1. The summed E-state index contributed by atoms with van der Waals surface area (Å²) in [5, 5.41) is 20.5. The van der Waals surface area contributed by atoms with E-state index in [9.17, 15) is 19.7 Å². The second-order valence-corrected chi connectivity index (χ2v) is 8.52. The first-order valence-corrected chi connectivity index (χ1v) is 11.2. The predicted molar refractivity (Wildman–Crippen MR) is 133 cm³/mol. The van der Waals surface area contributed by atoms with Crippen LogP contribution in [0.5, 0.6) is 5.75 Å². The van der Waals surface area contributed by atoms with Crippen LogP contribution in [0.4, 0.5) is 11.4 Å². The highest BCUT2D eigenvalue weighted by atomic mass is 32.2. The maximum absolute atomic E-state index is 12.7. The zero-order chi connectivity index (χ0) is 24.9. The third kappa shape index (κ3) is 5.74. The molecule has 0 radical (unpaired) electrons. The van der Waals surface area contributed by atoms with Gasteiger partial charge in [-0.1, -0.05) is 30.3 Å². The molecule has 0 spiro atoms. The number of aliphatic imine (C=N–C) groups is 1. The fraction of sp³-hybridized carbons (Fsp3) is 0.0800. The minimum absolute atomic E-state index is 0.00858. The average Bonchev–Trinajstić information content (AvgIpc) is 3.11. The number of ether oxygens (including phenoxy) is 1. The Kier molecular flexibility index (Phi) is 6.93. The lowest BCUT2D eigenvalue weighted by Gasteiger charge is -2.07. The van der Waals surface area contributed by atoms with Crippen LogP contribution in [0.25, 0.3) is 6.08 Å². The van der Waals surface area contributed by atoms with Crippen molar-refractivity contribution in [2.75, 3.05) is 7.05 Å². The van der Waals surface area contributed by atoms with Crippen molar-refractivity contribution in [2.45, 2.75) is 6.61 Å². The molecule has 0 aromatic heterocycles. The molecule has 3 aromatic rings. The summed E-state index contributed by atoms with van der Waals surface area (Å²) in [6.45, 7) is 0.185. The smallest absolute Gasteiger partial charge is 0.335 e. The molecule has 1 N–H and O–H groups in total. The predicted octanol–water partition coefficient (Wildman–Crippen LogP) is 5.11. The third-order valence-corrected chi connectivity index (χ3v) is 6.09. The molecule has 1 aliphatic rings. The highest BCUT2D eigenvalue weighted by Gasteiger charge is 2.30. The molecule has 1 heterocycles. The summed E-state index contributed by atoms with van der Waals surface area (Å²) < 4.78 is 5.72. The van der Waals surface area contributed by atoms with Crippen LogP contribution < -0.4 is 4.74 Å². The number of carboxylic acids is 1. The number of likely N-dealkylation sites (N-methyl/N-ethyl adjacent to an activating group) is 1. The van der Waals surface area contributed by atoms with Gasteiger partial charge in [0.15, 0.2) is 5.17 Å². The lowest BCUT2D eigenvalue weighted by molar-refractivity contribution is -0.384. The first-order valence-electron chi connectivity index (χ1n) is 10.4. The van der Waals surface area contributed by atoms with Crippen LogP contribution in [0.15, 0.2) is 82.7 Å². The van der Waals surface area contributed by atoms with Gasteiger partial charge < -0.3 is 9.84 Å². The lowest BCUT2D eigenvalue weighted by Crippen LogP contribution is -2.23. The molecule has 4 rings (SSSR count). The molecule has 0 bridgehead atoms. The maximum Gasteiger partial charge on any atom is 0.335 e. The summed E-state index contributed by atoms with van der Waals surface area (Å²) in [7, 11) is 1.61. The van der Waals surface area contributed by atoms with E-state index in [1.165, 1.54) is 40.9 Å². The first-order chi connectivity index (χ1) is 16.8. The van der Waals surface area contributed by atoms with Crippen LogP contribution in [0.1, 0.15) is 21.5 Å². The lowest BCUT2D eigenvalue weighted by atomic mass is 10.2. The number of carbonyl (C=O) groups is 2. The van der Waals surface area contributed by atoms with E-state index in [0.29, 0.717) is 27.1 Å². The van der Waals surface area contributed by atoms with Gasteiger partial charge in [-0.2, -0.15) is 0 Å². The van der Waals surface area contributed by atoms with Crippen LogP contribution in [0, 0.1) is 10.1 Å². The highest BCUT2D eigenvalue weighted by molar-refractivity contribution is 8.18. The van der Waals surface area contributed by atoms with Gasteiger partial charge in [-0.25, -0.2) is 9.79 Å². The molecular weight excluding hydrogens is 470 g/mol. The molecule has 35 heavy (non-hydrogen) atoms. The Morgan fingerprint density at radius 1 is 1.14 bits per heavy atom. The largest absolute Gasteiger partial charge is 0.489 e. The molecule has 9 nitrogen and oxygen atoms in total. The minimum Gasteiger partial charge on any atom is -0.489 e. The summed E-state index contributed by atoms with van der Waals surface area (Å²) in [5.74, 6) is -0.676. The zero-order valence-electron chi connectivity index (χ0n) is 18.5. The number of rotatable bonds is 7. The molecular formula is C25H19N3O6S. The van der Waals surface area contributed by atoms with Gasteiger partial charge in [0, 0.05) is 19.2 Å². The number of nitro groups is 1. The van der Waals surface area contributed by atoms with Crippen molar-refractivity contribution in [3.8, 4) is 5.75 Å². The van der Waals surface area contributed by atoms with Gasteiger partial charge in [-0.15, -0.1) is 0 Å². The molecule has 176 valence electrons. The van der Waals surface area contributed by atoms with Crippen LogP contribution >= 0.6 is 11.8 Å². The second-order valence-electron chi connectivity index (χ2n) is 7.51. The number of benzene rings is 3. The van der Waals surface area contributed by atoms with Gasteiger partial charge in [0.25, 0.3) is 11.6 Å². The molecule has 10 heteroatoms. The van der Waals surface area contributed by atoms with E-state index in [4.69, 9.17) is 9.84 Å². The van der Waals surface area contributed by atoms with E-state index in [1.807, 2.05) is 0 Å². The van der Waals surface area contributed by atoms with Crippen molar-refractivity contribution in [2.24, 2.45) is 4.99 Å². The van der Waals surface area contributed by atoms with Crippen molar-refractivity contribution < 1.29 is 24.4 Å². The third-order valence-electron chi connectivity index (χ3n) is 5.03. The number of hydrogen-bond donors (Lipinski definition) is 1. The molecule has 0 saturated carbocycles.